The first-order valence-electron chi connectivity index (χ1n) is 6.89. The van der Waals surface area contributed by atoms with Crippen molar-refractivity contribution in [3.8, 4) is 0 Å². The smallest absolute Gasteiger partial charge is 0.0640 e. The third-order valence-electron chi connectivity index (χ3n) is 4.01. The van der Waals surface area contributed by atoms with Gasteiger partial charge in [0, 0.05) is 6.04 Å². The van der Waals surface area contributed by atoms with Crippen LogP contribution < -0.4 is 5.32 Å². The Hall–Kier alpha value is -0.690. The summed E-state index contributed by atoms with van der Waals surface area (Å²) in [5, 5.41) is 4.51. The molecular weight excluding hydrogens is 230 g/mol. The van der Waals surface area contributed by atoms with Crippen LogP contribution in [0, 0.1) is 0 Å². The van der Waals surface area contributed by atoms with Gasteiger partial charge in [-0.15, -0.1) is 0 Å². The van der Waals surface area contributed by atoms with Gasteiger partial charge in [0.2, 0.25) is 0 Å². The highest BCUT2D eigenvalue weighted by molar-refractivity contribution is 6.33. The molecule has 1 N–H and O–H groups in total. The van der Waals surface area contributed by atoms with E-state index in [2.05, 4.69) is 23.5 Å². The van der Waals surface area contributed by atoms with E-state index in [0.717, 1.165) is 16.6 Å². The Morgan fingerprint density at radius 3 is 2.41 bits per heavy atom. The monoisotopic (exact) mass is 249 g/mol. The van der Waals surface area contributed by atoms with E-state index in [9.17, 15) is 0 Å². The zero-order valence-corrected chi connectivity index (χ0v) is 11.0. The lowest BCUT2D eigenvalue weighted by atomic mass is 9.95. The van der Waals surface area contributed by atoms with Gasteiger partial charge in [0.15, 0.2) is 0 Å². The van der Waals surface area contributed by atoms with Crippen LogP contribution in [0.1, 0.15) is 56.4 Å². The van der Waals surface area contributed by atoms with Gasteiger partial charge in [0.1, 0.15) is 0 Å². The third-order valence-corrected chi connectivity index (χ3v) is 4.32. The van der Waals surface area contributed by atoms with E-state index < -0.39 is 0 Å². The number of hydrogen-bond acceptors (Lipinski definition) is 1. The molecule has 1 aromatic carbocycles. The van der Waals surface area contributed by atoms with Crippen molar-refractivity contribution >= 4 is 17.3 Å². The van der Waals surface area contributed by atoms with Crippen LogP contribution in [-0.4, -0.2) is 6.04 Å². The van der Waals surface area contributed by atoms with Gasteiger partial charge in [0.25, 0.3) is 0 Å². The van der Waals surface area contributed by atoms with E-state index in [1.807, 2.05) is 0 Å². The van der Waals surface area contributed by atoms with Gasteiger partial charge in [-0.3, -0.25) is 0 Å². The molecule has 0 amide bonds. The van der Waals surface area contributed by atoms with Crippen LogP contribution in [0.5, 0.6) is 0 Å². The highest BCUT2D eigenvalue weighted by atomic mass is 35.5. The Morgan fingerprint density at radius 1 is 1.00 bits per heavy atom. The first kappa shape index (κ1) is 11.4. The van der Waals surface area contributed by atoms with Crippen molar-refractivity contribution in [2.24, 2.45) is 0 Å². The van der Waals surface area contributed by atoms with Crippen LogP contribution in [0.25, 0.3) is 0 Å². The predicted octanol–water partition coefficient (Wildman–Crippen LogP) is 4.96. The first-order chi connectivity index (χ1) is 8.33. The van der Waals surface area contributed by atoms with Crippen LogP contribution in [-0.2, 0) is 0 Å². The van der Waals surface area contributed by atoms with Gasteiger partial charge in [-0.1, -0.05) is 36.9 Å². The van der Waals surface area contributed by atoms with Gasteiger partial charge in [-0.05, 0) is 49.3 Å². The summed E-state index contributed by atoms with van der Waals surface area (Å²) in [6.07, 6.45) is 9.37. The molecule has 3 rings (SSSR count). The van der Waals surface area contributed by atoms with Crippen LogP contribution in [0.4, 0.5) is 5.69 Å². The lowest BCUT2D eigenvalue weighted by molar-refractivity contribution is 0.463. The Labute approximate surface area is 109 Å². The maximum atomic E-state index is 6.36. The number of hydrogen-bond donors (Lipinski definition) is 1. The molecule has 1 aromatic rings. The van der Waals surface area contributed by atoms with E-state index >= 15 is 0 Å². The van der Waals surface area contributed by atoms with E-state index in [1.54, 1.807) is 0 Å². The molecule has 0 saturated heterocycles. The topological polar surface area (TPSA) is 12.0 Å². The zero-order chi connectivity index (χ0) is 11.7. The maximum absolute atomic E-state index is 6.36. The number of nitrogens with one attached hydrogen (secondary N) is 1. The second-order valence-electron chi connectivity index (χ2n) is 5.49. The highest BCUT2D eigenvalue weighted by Gasteiger charge is 2.24. The summed E-state index contributed by atoms with van der Waals surface area (Å²) in [7, 11) is 0. The largest absolute Gasteiger partial charge is 0.381 e. The fraction of sp³-hybridized carbons (Fsp3) is 0.600. The fourth-order valence-electron chi connectivity index (χ4n) is 2.79. The molecule has 2 aliphatic carbocycles. The van der Waals surface area contributed by atoms with Crippen LogP contribution in [0.15, 0.2) is 18.2 Å². The second-order valence-corrected chi connectivity index (χ2v) is 5.90. The van der Waals surface area contributed by atoms with Gasteiger partial charge < -0.3 is 5.32 Å². The van der Waals surface area contributed by atoms with E-state index in [1.165, 1.54) is 50.5 Å². The summed E-state index contributed by atoms with van der Waals surface area (Å²) in [5.41, 5.74) is 2.55. The SMILES string of the molecule is Clc1cc(C2CC2)ccc1NC1CCCCC1. The third kappa shape index (κ3) is 2.77. The minimum atomic E-state index is 0.632. The van der Waals surface area contributed by atoms with Crippen molar-refractivity contribution in [3.05, 3.63) is 28.8 Å². The van der Waals surface area contributed by atoms with Gasteiger partial charge in [-0.25, -0.2) is 0 Å². The molecular formula is C15H20ClN. The standard InChI is InChI=1S/C15H20ClN/c16-14-10-12(11-6-7-11)8-9-15(14)17-13-4-2-1-3-5-13/h8-11,13,17H,1-7H2. The summed E-state index contributed by atoms with van der Waals surface area (Å²) >= 11 is 6.36. The van der Waals surface area contributed by atoms with Crippen LogP contribution in [0.3, 0.4) is 0 Å². The van der Waals surface area contributed by atoms with E-state index in [4.69, 9.17) is 11.6 Å². The minimum Gasteiger partial charge on any atom is -0.381 e. The molecule has 0 aromatic heterocycles. The first-order valence-corrected chi connectivity index (χ1v) is 7.27. The minimum absolute atomic E-state index is 0.632. The molecule has 0 unspecified atom stereocenters. The predicted molar refractivity (Wildman–Crippen MR) is 73.9 cm³/mol. The molecule has 2 aliphatic rings. The molecule has 2 heteroatoms. The van der Waals surface area contributed by atoms with E-state index in [-0.39, 0.29) is 0 Å². The molecule has 0 radical (unpaired) electrons. The Bertz CT molecular complexity index is 392. The number of anilines is 1. The number of benzene rings is 1. The van der Waals surface area contributed by atoms with Crippen molar-refractivity contribution in [3.63, 3.8) is 0 Å². The van der Waals surface area contributed by atoms with E-state index in [0.29, 0.717) is 6.04 Å². The fourth-order valence-corrected chi connectivity index (χ4v) is 3.03. The lowest BCUT2D eigenvalue weighted by Gasteiger charge is -2.24. The molecule has 0 spiro atoms. The van der Waals surface area contributed by atoms with Gasteiger partial charge >= 0.3 is 0 Å². The molecule has 0 heterocycles. The van der Waals surface area contributed by atoms with Crippen molar-refractivity contribution in [1.29, 1.82) is 0 Å². The Kier molecular flexibility index (Phi) is 3.28. The van der Waals surface area contributed by atoms with Crippen molar-refractivity contribution < 1.29 is 0 Å². The van der Waals surface area contributed by atoms with Gasteiger partial charge in [-0.2, -0.15) is 0 Å². The zero-order valence-electron chi connectivity index (χ0n) is 10.2. The average Bonchev–Trinajstić information content (AvgIpc) is 3.17. The van der Waals surface area contributed by atoms with Crippen molar-refractivity contribution in [1.82, 2.24) is 0 Å². The lowest BCUT2D eigenvalue weighted by Crippen LogP contribution is -2.22. The average molecular weight is 250 g/mol. The normalized spacial score (nSPS) is 21.5. The molecule has 92 valence electrons. The summed E-state index contributed by atoms with van der Waals surface area (Å²) < 4.78 is 0. The van der Waals surface area contributed by atoms with Crippen molar-refractivity contribution in [2.75, 3.05) is 5.32 Å². The number of halogens is 1. The second kappa shape index (κ2) is 4.89. The molecule has 0 aliphatic heterocycles. The molecule has 17 heavy (non-hydrogen) atoms. The van der Waals surface area contributed by atoms with Crippen molar-refractivity contribution in [2.45, 2.75) is 56.9 Å². The molecule has 0 bridgehead atoms. The molecule has 2 saturated carbocycles. The molecule has 2 fully saturated rings. The Morgan fingerprint density at radius 2 is 1.76 bits per heavy atom. The molecule has 1 nitrogen and oxygen atoms in total. The highest BCUT2D eigenvalue weighted by Crippen LogP contribution is 2.42. The summed E-state index contributed by atoms with van der Waals surface area (Å²) in [5.74, 6) is 0.788. The van der Waals surface area contributed by atoms with Crippen LogP contribution >= 0.6 is 11.6 Å². The summed E-state index contributed by atoms with van der Waals surface area (Å²) in [6, 6.07) is 7.21. The quantitative estimate of drug-likeness (QED) is 0.798. The Balaban J connectivity index is 1.69. The maximum Gasteiger partial charge on any atom is 0.0640 e. The summed E-state index contributed by atoms with van der Waals surface area (Å²) in [4.78, 5) is 0. The summed E-state index contributed by atoms with van der Waals surface area (Å²) in [6.45, 7) is 0. The van der Waals surface area contributed by atoms with Crippen LogP contribution in [0.2, 0.25) is 5.02 Å². The van der Waals surface area contributed by atoms with Gasteiger partial charge in [0.05, 0.1) is 10.7 Å². The number of rotatable bonds is 3. The molecule has 0 atom stereocenters.